The molecule has 2 unspecified atom stereocenters. The van der Waals surface area contributed by atoms with E-state index in [0.29, 0.717) is 5.56 Å². The van der Waals surface area contributed by atoms with E-state index in [1.807, 2.05) is 19.1 Å². The van der Waals surface area contributed by atoms with E-state index < -0.39 is 6.10 Å². The van der Waals surface area contributed by atoms with Crippen LogP contribution in [0.5, 0.6) is 5.75 Å². The molecule has 1 aromatic carbocycles. The number of aliphatic hydroxyl groups excluding tert-OH is 1. The molecule has 1 aliphatic heterocycles. The molecule has 1 aliphatic rings. The van der Waals surface area contributed by atoms with Crippen LogP contribution in [0.4, 0.5) is 0 Å². The van der Waals surface area contributed by atoms with Gasteiger partial charge in [0.2, 0.25) is 0 Å². The monoisotopic (exact) mass is 292 g/mol. The lowest BCUT2D eigenvalue weighted by Gasteiger charge is -2.36. The van der Waals surface area contributed by atoms with E-state index in [-0.39, 0.29) is 17.2 Å². The number of rotatable bonds is 3. The number of hydrogen-bond donors (Lipinski definition) is 3. The Hall–Kier alpha value is -1.10. The molecule has 1 heterocycles. The molecule has 1 saturated heterocycles. The molecule has 0 spiro atoms. The van der Waals surface area contributed by atoms with Crippen molar-refractivity contribution in [3.63, 3.8) is 0 Å². The van der Waals surface area contributed by atoms with Crippen molar-refractivity contribution in [3.8, 4) is 5.75 Å². The lowest BCUT2D eigenvalue weighted by atomic mass is 9.85. The Morgan fingerprint density at radius 2 is 1.81 bits per heavy atom. The second-order valence-electron chi connectivity index (χ2n) is 7.00. The molecule has 0 amide bonds. The van der Waals surface area contributed by atoms with Gasteiger partial charge in [0.15, 0.2) is 0 Å². The molecule has 0 saturated carbocycles. The van der Waals surface area contributed by atoms with Crippen molar-refractivity contribution in [2.45, 2.75) is 45.3 Å². The Bertz CT molecular complexity index is 476. The third kappa shape index (κ3) is 3.76. The summed E-state index contributed by atoms with van der Waals surface area (Å²) in [4.78, 5) is 2.27. The topological polar surface area (TPSA) is 55.7 Å². The summed E-state index contributed by atoms with van der Waals surface area (Å²) in [6, 6.07) is 5.57. The summed E-state index contributed by atoms with van der Waals surface area (Å²) in [5, 5.41) is 24.1. The normalized spacial score (nSPS) is 20.2. The third-order valence-corrected chi connectivity index (χ3v) is 4.40. The van der Waals surface area contributed by atoms with Gasteiger partial charge in [-0.3, -0.25) is 4.90 Å². The smallest absolute Gasteiger partial charge is 0.121 e. The number of nitrogens with one attached hydrogen (secondary N) is 1. The molecule has 4 heteroatoms. The number of benzene rings is 1. The maximum Gasteiger partial charge on any atom is 0.121 e. The highest BCUT2D eigenvalue weighted by Crippen LogP contribution is 2.33. The van der Waals surface area contributed by atoms with Crippen LogP contribution in [0.2, 0.25) is 0 Å². The first-order chi connectivity index (χ1) is 9.80. The average Bonchev–Trinajstić information content (AvgIpc) is 2.46. The van der Waals surface area contributed by atoms with E-state index in [4.69, 9.17) is 0 Å². The minimum absolute atomic E-state index is 0.000449. The maximum absolute atomic E-state index is 10.7. The lowest BCUT2D eigenvalue weighted by molar-refractivity contribution is 0.0494. The van der Waals surface area contributed by atoms with Gasteiger partial charge in [-0.15, -0.1) is 0 Å². The summed E-state index contributed by atoms with van der Waals surface area (Å²) in [7, 11) is 0. The van der Waals surface area contributed by atoms with E-state index in [1.165, 1.54) is 0 Å². The van der Waals surface area contributed by atoms with Crippen LogP contribution in [0.1, 0.15) is 44.9 Å². The van der Waals surface area contributed by atoms with Crippen molar-refractivity contribution in [1.82, 2.24) is 10.2 Å². The molecule has 1 aromatic rings. The zero-order chi connectivity index (χ0) is 15.6. The zero-order valence-electron chi connectivity index (χ0n) is 13.6. The summed E-state index contributed by atoms with van der Waals surface area (Å²) in [6.45, 7) is 12.2. The molecule has 2 rings (SSSR count). The summed E-state index contributed by atoms with van der Waals surface area (Å²) in [6.07, 6.45) is -0.676. The van der Waals surface area contributed by atoms with Crippen LogP contribution in [-0.2, 0) is 5.41 Å². The second-order valence-corrected chi connectivity index (χ2v) is 7.00. The van der Waals surface area contributed by atoms with Gasteiger partial charge >= 0.3 is 0 Å². The summed E-state index contributed by atoms with van der Waals surface area (Å²) >= 11 is 0. The van der Waals surface area contributed by atoms with Gasteiger partial charge in [-0.1, -0.05) is 26.8 Å². The van der Waals surface area contributed by atoms with Crippen molar-refractivity contribution < 1.29 is 10.2 Å². The van der Waals surface area contributed by atoms with Gasteiger partial charge in [-0.2, -0.15) is 0 Å². The molecular formula is C17H28N2O2. The van der Waals surface area contributed by atoms with E-state index in [0.717, 1.165) is 31.7 Å². The first kappa shape index (κ1) is 16.3. The zero-order valence-corrected chi connectivity index (χ0v) is 13.6. The van der Waals surface area contributed by atoms with Crippen molar-refractivity contribution >= 4 is 0 Å². The Labute approximate surface area is 127 Å². The second kappa shape index (κ2) is 6.34. The van der Waals surface area contributed by atoms with Gasteiger partial charge in [0.1, 0.15) is 5.75 Å². The fraction of sp³-hybridized carbons (Fsp3) is 0.647. The Kier molecular flexibility index (Phi) is 4.91. The number of aromatic hydroxyl groups is 1. The van der Waals surface area contributed by atoms with Gasteiger partial charge in [-0.05, 0) is 30.0 Å². The van der Waals surface area contributed by atoms with Crippen LogP contribution in [-0.4, -0.2) is 47.3 Å². The predicted molar refractivity (Wildman–Crippen MR) is 85.7 cm³/mol. The number of aliphatic hydroxyl groups is 1. The number of hydrogen-bond acceptors (Lipinski definition) is 4. The minimum atomic E-state index is -0.676. The van der Waals surface area contributed by atoms with Gasteiger partial charge in [0.05, 0.1) is 6.10 Å². The molecule has 1 fully saturated rings. The van der Waals surface area contributed by atoms with Crippen molar-refractivity contribution in [2.24, 2.45) is 0 Å². The van der Waals surface area contributed by atoms with Crippen LogP contribution in [0.25, 0.3) is 0 Å². The standard InChI is InChI=1S/C17H28N2O2/c1-12(19-9-7-18-8-10-19)16(21)14-11-13(17(2,3)4)5-6-15(14)20/h5-6,11-12,16,18,20-21H,7-10H2,1-4H3. The highest BCUT2D eigenvalue weighted by Gasteiger charge is 2.27. The molecular weight excluding hydrogens is 264 g/mol. The summed E-state index contributed by atoms with van der Waals surface area (Å²) in [5.74, 6) is 0.178. The molecule has 0 radical (unpaired) electrons. The SMILES string of the molecule is CC(C(O)c1cc(C(C)(C)C)ccc1O)N1CCNCC1. The van der Waals surface area contributed by atoms with Gasteiger partial charge in [0, 0.05) is 37.8 Å². The van der Waals surface area contributed by atoms with E-state index in [9.17, 15) is 10.2 Å². The highest BCUT2D eigenvalue weighted by atomic mass is 16.3. The summed E-state index contributed by atoms with van der Waals surface area (Å²) in [5.41, 5.74) is 1.76. The van der Waals surface area contributed by atoms with Gasteiger partial charge in [-0.25, -0.2) is 0 Å². The fourth-order valence-corrected chi connectivity index (χ4v) is 2.81. The Morgan fingerprint density at radius 3 is 2.38 bits per heavy atom. The average molecular weight is 292 g/mol. The quantitative estimate of drug-likeness (QED) is 0.798. The van der Waals surface area contributed by atoms with Crippen LogP contribution < -0.4 is 5.32 Å². The van der Waals surface area contributed by atoms with Crippen LogP contribution in [0, 0.1) is 0 Å². The molecule has 3 N–H and O–H groups in total. The first-order valence-electron chi connectivity index (χ1n) is 7.77. The van der Waals surface area contributed by atoms with E-state index >= 15 is 0 Å². The number of nitrogens with zero attached hydrogens (tertiary/aromatic N) is 1. The fourth-order valence-electron chi connectivity index (χ4n) is 2.81. The van der Waals surface area contributed by atoms with Crippen LogP contribution in [0.15, 0.2) is 18.2 Å². The minimum Gasteiger partial charge on any atom is -0.508 e. The van der Waals surface area contributed by atoms with E-state index in [1.54, 1.807) is 6.07 Å². The Balaban J connectivity index is 2.23. The molecule has 21 heavy (non-hydrogen) atoms. The molecule has 4 nitrogen and oxygen atoms in total. The first-order valence-corrected chi connectivity index (χ1v) is 7.77. The molecule has 0 aliphatic carbocycles. The number of piperazine rings is 1. The van der Waals surface area contributed by atoms with Crippen LogP contribution in [0.3, 0.4) is 0 Å². The molecule has 118 valence electrons. The predicted octanol–water partition coefficient (Wildman–Crippen LogP) is 2.02. The van der Waals surface area contributed by atoms with E-state index in [2.05, 4.69) is 31.0 Å². The van der Waals surface area contributed by atoms with Crippen molar-refractivity contribution in [1.29, 1.82) is 0 Å². The maximum atomic E-state index is 10.7. The molecule has 2 atom stereocenters. The number of phenols is 1. The highest BCUT2D eigenvalue weighted by molar-refractivity contribution is 5.40. The number of phenolic OH excluding ortho intramolecular Hbond substituents is 1. The largest absolute Gasteiger partial charge is 0.508 e. The lowest BCUT2D eigenvalue weighted by Crippen LogP contribution is -2.49. The van der Waals surface area contributed by atoms with Gasteiger partial charge in [0.25, 0.3) is 0 Å². The van der Waals surface area contributed by atoms with Crippen molar-refractivity contribution in [3.05, 3.63) is 29.3 Å². The van der Waals surface area contributed by atoms with Crippen LogP contribution >= 0.6 is 0 Å². The molecule has 0 bridgehead atoms. The third-order valence-electron chi connectivity index (χ3n) is 4.40. The van der Waals surface area contributed by atoms with Gasteiger partial charge < -0.3 is 15.5 Å². The van der Waals surface area contributed by atoms with Crippen molar-refractivity contribution in [2.75, 3.05) is 26.2 Å². The Morgan fingerprint density at radius 1 is 1.19 bits per heavy atom. The molecule has 0 aromatic heterocycles. The summed E-state index contributed by atoms with van der Waals surface area (Å²) < 4.78 is 0.